The molecule has 1 aliphatic carbocycles. The first-order chi connectivity index (χ1) is 10.1. The van der Waals surface area contributed by atoms with E-state index in [-0.39, 0.29) is 24.2 Å². The van der Waals surface area contributed by atoms with Crippen molar-refractivity contribution in [3.63, 3.8) is 0 Å². The summed E-state index contributed by atoms with van der Waals surface area (Å²) in [5.41, 5.74) is 0.827. The average Bonchev–Trinajstić information content (AvgIpc) is 3.29. The molecular weight excluding hydrogens is 272 g/mol. The van der Waals surface area contributed by atoms with Crippen molar-refractivity contribution in [1.82, 2.24) is 5.32 Å². The number of rotatable bonds is 8. The molecule has 1 aromatic carbocycles. The molecule has 21 heavy (non-hydrogen) atoms. The van der Waals surface area contributed by atoms with Crippen LogP contribution >= 0.6 is 0 Å². The molecule has 1 fully saturated rings. The Morgan fingerprint density at radius 3 is 2.86 bits per heavy atom. The maximum absolute atomic E-state index is 11.9. The lowest BCUT2D eigenvalue weighted by Crippen LogP contribution is -2.37. The van der Waals surface area contributed by atoms with E-state index in [2.05, 4.69) is 5.32 Å². The van der Waals surface area contributed by atoms with Gasteiger partial charge >= 0.3 is 0 Å². The van der Waals surface area contributed by atoms with Crippen molar-refractivity contribution in [2.75, 3.05) is 6.61 Å². The molecule has 0 saturated heterocycles. The summed E-state index contributed by atoms with van der Waals surface area (Å²) in [4.78, 5) is 22.2. The predicted molar refractivity (Wildman–Crippen MR) is 77.8 cm³/mol. The lowest BCUT2D eigenvalue weighted by molar-refractivity contribution is -0.384. The maximum Gasteiger partial charge on any atom is 0.269 e. The van der Waals surface area contributed by atoms with Gasteiger partial charge in [-0.1, -0.05) is 12.1 Å². The van der Waals surface area contributed by atoms with E-state index in [1.807, 2.05) is 0 Å². The fourth-order valence-electron chi connectivity index (χ4n) is 2.43. The Kier molecular flexibility index (Phi) is 5.27. The van der Waals surface area contributed by atoms with E-state index in [0.29, 0.717) is 25.2 Å². The molecule has 1 aliphatic rings. The number of aliphatic hydroxyl groups excluding tert-OH is 1. The first-order valence-electron chi connectivity index (χ1n) is 7.23. The SMILES string of the molecule is O=C(CCc1cccc([N+](=O)[O-])c1)NC(CCO)C1CC1. The van der Waals surface area contributed by atoms with Crippen molar-refractivity contribution in [3.05, 3.63) is 39.9 Å². The second-order valence-electron chi connectivity index (χ2n) is 5.45. The third-order valence-corrected chi connectivity index (χ3v) is 3.74. The smallest absolute Gasteiger partial charge is 0.269 e. The van der Waals surface area contributed by atoms with Crippen molar-refractivity contribution in [2.45, 2.75) is 38.1 Å². The zero-order valence-electron chi connectivity index (χ0n) is 11.8. The first-order valence-corrected chi connectivity index (χ1v) is 7.23. The summed E-state index contributed by atoms with van der Waals surface area (Å²) in [6.07, 6.45) is 3.58. The number of carbonyl (C=O) groups excluding carboxylic acids is 1. The van der Waals surface area contributed by atoms with Crippen LogP contribution in [0.1, 0.15) is 31.2 Å². The fraction of sp³-hybridized carbons (Fsp3) is 0.533. The number of hydrogen-bond acceptors (Lipinski definition) is 4. The fourth-order valence-corrected chi connectivity index (χ4v) is 2.43. The van der Waals surface area contributed by atoms with Gasteiger partial charge in [0, 0.05) is 31.2 Å². The van der Waals surface area contributed by atoms with Crippen LogP contribution in [0.25, 0.3) is 0 Å². The molecule has 114 valence electrons. The van der Waals surface area contributed by atoms with Gasteiger partial charge in [0.25, 0.3) is 5.69 Å². The molecule has 1 amide bonds. The number of nitro benzene ring substituents is 1. The molecule has 6 nitrogen and oxygen atoms in total. The number of benzene rings is 1. The largest absolute Gasteiger partial charge is 0.396 e. The number of carbonyl (C=O) groups is 1. The van der Waals surface area contributed by atoms with Crippen LogP contribution in [0.15, 0.2) is 24.3 Å². The van der Waals surface area contributed by atoms with Crippen LogP contribution in [0, 0.1) is 16.0 Å². The van der Waals surface area contributed by atoms with Crippen LogP contribution in [-0.4, -0.2) is 28.6 Å². The van der Waals surface area contributed by atoms with Gasteiger partial charge in [0.15, 0.2) is 0 Å². The zero-order chi connectivity index (χ0) is 15.2. The van der Waals surface area contributed by atoms with Crippen LogP contribution in [0.3, 0.4) is 0 Å². The Morgan fingerprint density at radius 1 is 1.48 bits per heavy atom. The van der Waals surface area contributed by atoms with Crippen molar-refractivity contribution in [2.24, 2.45) is 5.92 Å². The summed E-state index contributed by atoms with van der Waals surface area (Å²) in [6, 6.07) is 6.41. The minimum atomic E-state index is -0.437. The van der Waals surface area contributed by atoms with Gasteiger partial charge in [-0.15, -0.1) is 0 Å². The highest BCUT2D eigenvalue weighted by Gasteiger charge is 2.31. The van der Waals surface area contributed by atoms with Crippen molar-refractivity contribution >= 4 is 11.6 Å². The molecule has 0 heterocycles. The summed E-state index contributed by atoms with van der Waals surface area (Å²) >= 11 is 0. The van der Waals surface area contributed by atoms with E-state index in [4.69, 9.17) is 5.11 Å². The molecule has 0 bridgehead atoms. The quantitative estimate of drug-likeness (QED) is 0.564. The van der Waals surface area contributed by atoms with E-state index >= 15 is 0 Å². The van der Waals surface area contributed by atoms with Crippen molar-refractivity contribution in [3.8, 4) is 0 Å². The second-order valence-corrected chi connectivity index (χ2v) is 5.45. The second kappa shape index (κ2) is 7.17. The van der Waals surface area contributed by atoms with Crippen LogP contribution in [0.2, 0.25) is 0 Å². The summed E-state index contributed by atoms with van der Waals surface area (Å²) < 4.78 is 0. The van der Waals surface area contributed by atoms with Gasteiger partial charge < -0.3 is 10.4 Å². The first kappa shape index (κ1) is 15.4. The van der Waals surface area contributed by atoms with E-state index < -0.39 is 4.92 Å². The Morgan fingerprint density at radius 2 is 2.24 bits per heavy atom. The van der Waals surface area contributed by atoms with Crippen LogP contribution in [-0.2, 0) is 11.2 Å². The molecule has 6 heteroatoms. The van der Waals surface area contributed by atoms with Gasteiger partial charge in [-0.05, 0) is 37.2 Å². The third kappa shape index (κ3) is 4.82. The van der Waals surface area contributed by atoms with Crippen molar-refractivity contribution in [1.29, 1.82) is 0 Å². The topological polar surface area (TPSA) is 92.5 Å². The van der Waals surface area contributed by atoms with E-state index in [1.165, 1.54) is 12.1 Å². The number of aryl methyl sites for hydroxylation is 1. The monoisotopic (exact) mass is 292 g/mol. The van der Waals surface area contributed by atoms with Gasteiger partial charge in [0.2, 0.25) is 5.91 Å². The molecule has 0 spiro atoms. The van der Waals surface area contributed by atoms with Crippen molar-refractivity contribution < 1.29 is 14.8 Å². The van der Waals surface area contributed by atoms with Gasteiger partial charge in [-0.25, -0.2) is 0 Å². The molecule has 2 N–H and O–H groups in total. The number of nitrogens with one attached hydrogen (secondary N) is 1. The molecule has 1 aromatic rings. The van der Waals surface area contributed by atoms with Gasteiger partial charge in [0.1, 0.15) is 0 Å². The molecule has 1 saturated carbocycles. The standard InChI is InChI=1S/C15H20N2O4/c18-9-8-14(12-5-6-12)16-15(19)7-4-11-2-1-3-13(10-11)17(20)21/h1-3,10,12,14,18H,4-9H2,(H,16,19). The van der Waals surface area contributed by atoms with E-state index in [1.54, 1.807) is 12.1 Å². The number of amides is 1. The Bertz CT molecular complexity index is 514. The molecule has 0 aromatic heterocycles. The number of nitro groups is 1. The Labute approximate surface area is 123 Å². The van der Waals surface area contributed by atoms with E-state index in [0.717, 1.165) is 18.4 Å². The molecule has 2 rings (SSSR count). The molecule has 0 radical (unpaired) electrons. The number of nitrogens with zero attached hydrogens (tertiary/aromatic N) is 1. The highest BCUT2D eigenvalue weighted by molar-refractivity contribution is 5.76. The predicted octanol–water partition coefficient (Wildman–Crippen LogP) is 1.80. The van der Waals surface area contributed by atoms with Crippen LogP contribution in [0.4, 0.5) is 5.69 Å². The zero-order valence-corrected chi connectivity index (χ0v) is 11.8. The van der Waals surface area contributed by atoms with Gasteiger partial charge in [-0.2, -0.15) is 0 Å². The number of hydrogen-bond donors (Lipinski definition) is 2. The summed E-state index contributed by atoms with van der Waals surface area (Å²) in [5.74, 6) is 0.436. The van der Waals surface area contributed by atoms with Crippen LogP contribution < -0.4 is 5.32 Å². The number of non-ortho nitro benzene ring substituents is 1. The summed E-state index contributed by atoms with van der Waals surface area (Å²) in [6.45, 7) is 0.0757. The molecular formula is C15H20N2O4. The van der Waals surface area contributed by atoms with Gasteiger partial charge in [-0.3, -0.25) is 14.9 Å². The average molecular weight is 292 g/mol. The summed E-state index contributed by atoms with van der Waals surface area (Å²) in [7, 11) is 0. The van der Waals surface area contributed by atoms with Crippen LogP contribution in [0.5, 0.6) is 0 Å². The Balaban J connectivity index is 1.83. The molecule has 1 atom stereocenters. The maximum atomic E-state index is 11.9. The highest BCUT2D eigenvalue weighted by Crippen LogP contribution is 2.33. The minimum absolute atomic E-state index is 0.0454. The normalized spacial score (nSPS) is 15.5. The minimum Gasteiger partial charge on any atom is -0.396 e. The molecule has 0 aliphatic heterocycles. The number of aliphatic hydroxyl groups is 1. The molecule has 1 unspecified atom stereocenters. The Hall–Kier alpha value is -1.95. The highest BCUT2D eigenvalue weighted by atomic mass is 16.6. The van der Waals surface area contributed by atoms with E-state index in [9.17, 15) is 14.9 Å². The van der Waals surface area contributed by atoms with Gasteiger partial charge in [0.05, 0.1) is 4.92 Å². The summed E-state index contributed by atoms with van der Waals surface area (Å²) in [5, 5.41) is 22.6. The third-order valence-electron chi connectivity index (χ3n) is 3.74. The lowest BCUT2D eigenvalue weighted by Gasteiger charge is -2.17. The lowest BCUT2D eigenvalue weighted by atomic mass is 10.1.